The van der Waals surface area contributed by atoms with Crippen LogP contribution in [-0.2, 0) is 11.2 Å². The number of carbonyl (C=O) groups excluding carboxylic acids is 1. The third kappa shape index (κ3) is 3.26. The van der Waals surface area contributed by atoms with Crippen molar-refractivity contribution in [1.82, 2.24) is 10.2 Å². The number of rotatable bonds is 4. The fraction of sp³-hybridized carbons (Fsp3) is 0.667. The van der Waals surface area contributed by atoms with Gasteiger partial charge in [-0.15, -0.1) is 0 Å². The van der Waals surface area contributed by atoms with Crippen LogP contribution in [0.1, 0.15) is 44.1 Å². The molecule has 7 heteroatoms. The third-order valence-corrected chi connectivity index (χ3v) is 7.04. The zero-order valence-electron chi connectivity index (χ0n) is 16.2. The Morgan fingerprint density at radius 2 is 1.93 bits per heavy atom. The van der Waals surface area contributed by atoms with Crippen LogP contribution in [0.15, 0.2) is 18.2 Å². The lowest BCUT2D eigenvalue weighted by Crippen LogP contribution is -2.62. The monoisotopic (exact) mass is 384 g/mol. The van der Waals surface area contributed by atoms with Crippen LogP contribution in [0.4, 0.5) is 11.4 Å². The van der Waals surface area contributed by atoms with Crippen molar-refractivity contribution in [3.05, 3.63) is 33.9 Å². The van der Waals surface area contributed by atoms with Crippen LogP contribution in [0.3, 0.4) is 0 Å². The van der Waals surface area contributed by atoms with Crippen molar-refractivity contribution < 1.29 is 9.72 Å². The second-order valence-electron chi connectivity index (χ2n) is 8.86. The normalized spacial score (nSPS) is 27.9. The van der Waals surface area contributed by atoms with Crippen LogP contribution >= 0.6 is 0 Å². The molecule has 7 nitrogen and oxygen atoms in total. The Morgan fingerprint density at radius 1 is 1.14 bits per heavy atom. The van der Waals surface area contributed by atoms with Gasteiger partial charge in [0.05, 0.1) is 16.9 Å². The van der Waals surface area contributed by atoms with E-state index in [4.69, 9.17) is 0 Å². The molecule has 0 aromatic heterocycles. The summed E-state index contributed by atoms with van der Waals surface area (Å²) in [5.41, 5.74) is 2.14. The first-order valence-electron chi connectivity index (χ1n) is 10.7. The number of benzene rings is 1. The molecule has 1 amide bonds. The topological polar surface area (TPSA) is 78.7 Å². The average Bonchev–Trinajstić information content (AvgIpc) is 3.34. The Hall–Kier alpha value is -2.15. The number of nitrogens with one attached hydrogen (secondary N) is 1. The molecule has 0 radical (unpaired) electrons. The summed E-state index contributed by atoms with van der Waals surface area (Å²) >= 11 is 0. The summed E-state index contributed by atoms with van der Waals surface area (Å²) in [5.74, 6) is -0.0118. The lowest BCUT2D eigenvalue weighted by Gasteiger charge is -2.50. The Balaban J connectivity index is 1.45. The zero-order valence-corrected chi connectivity index (χ0v) is 16.2. The first-order valence-corrected chi connectivity index (χ1v) is 10.7. The molecule has 150 valence electrons. The summed E-state index contributed by atoms with van der Waals surface area (Å²) in [6, 6.07) is 6.31. The van der Waals surface area contributed by atoms with Crippen LogP contribution < -0.4 is 10.2 Å². The van der Waals surface area contributed by atoms with Crippen molar-refractivity contribution >= 4 is 17.3 Å². The number of hydrogen-bond donors (Lipinski definition) is 1. The van der Waals surface area contributed by atoms with Gasteiger partial charge in [-0.2, -0.15) is 0 Å². The number of nitro groups is 1. The lowest BCUT2D eigenvalue weighted by atomic mass is 9.82. The second-order valence-corrected chi connectivity index (χ2v) is 8.86. The molecular formula is C21H28N4O3. The average molecular weight is 384 g/mol. The highest BCUT2D eigenvalue weighted by molar-refractivity contribution is 5.82. The largest absolute Gasteiger partial charge is 0.365 e. The van der Waals surface area contributed by atoms with E-state index in [0.717, 1.165) is 43.7 Å². The summed E-state index contributed by atoms with van der Waals surface area (Å²) in [6.07, 6.45) is 7.91. The first-order chi connectivity index (χ1) is 13.6. The molecule has 28 heavy (non-hydrogen) atoms. The highest BCUT2D eigenvalue weighted by Gasteiger charge is 2.44. The molecule has 4 aliphatic rings. The van der Waals surface area contributed by atoms with Gasteiger partial charge in [0.15, 0.2) is 0 Å². The van der Waals surface area contributed by atoms with Crippen LogP contribution in [0.5, 0.6) is 0 Å². The van der Waals surface area contributed by atoms with Crippen molar-refractivity contribution in [3.8, 4) is 0 Å². The molecule has 2 heterocycles. The molecular weight excluding hydrogens is 356 g/mol. The number of nitrogens with zero attached hydrogens (tertiary/aromatic N) is 3. The number of nitro benzene ring substituents is 1. The number of hydrogen-bond acceptors (Lipinski definition) is 5. The third-order valence-electron chi connectivity index (χ3n) is 7.04. The highest BCUT2D eigenvalue weighted by Crippen LogP contribution is 2.39. The van der Waals surface area contributed by atoms with Gasteiger partial charge in [0.1, 0.15) is 0 Å². The van der Waals surface area contributed by atoms with Crippen molar-refractivity contribution in [2.45, 2.75) is 63.1 Å². The maximum atomic E-state index is 13.1. The molecule has 0 bridgehead atoms. The van der Waals surface area contributed by atoms with Gasteiger partial charge in [-0.3, -0.25) is 19.8 Å². The molecule has 1 saturated heterocycles. The van der Waals surface area contributed by atoms with E-state index in [1.807, 2.05) is 6.07 Å². The predicted molar refractivity (Wildman–Crippen MR) is 106 cm³/mol. The molecule has 5 rings (SSSR count). The molecule has 2 aliphatic heterocycles. The summed E-state index contributed by atoms with van der Waals surface area (Å²) in [4.78, 5) is 28.9. The van der Waals surface area contributed by atoms with E-state index in [-0.39, 0.29) is 28.5 Å². The maximum Gasteiger partial charge on any atom is 0.269 e. The molecule has 1 aromatic carbocycles. The summed E-state index contributed by atoms with van der Waals surface area (Å²) in [5, 5.41) is 14.4. The minimum atomic E-state index is -0.344. The fourth-order valence-corrected chi connectivity index (χ4v) is 5.38. The number of anilines is 1. The number of fused-ring (bicyclic) bond motifs is 3. The Bertz CT molecular complexity index is 788. The van der Waals surface area contributed by atoms with E-state index in [2.05, 4.69) is 15.1 Å². The molecule has 1 N–H and O–H groups in total. The van der Waals surface area contributed by atoms with Crippen molar-refractivity contribution in [1.29, 1.82) is 0 Å². The minimum Gasteiger partial charge on any atom is -0.365 e. The van der Waals surface area contributed by atoms with Crippen LogP contribution in [0.25, 0.3) is 0 Å². The first kappa shape index (κ1) is 17.9. The number of carbonyl (C=O) groups is 1. The molecule has 2 saturated carbocycles. The summed E-state index contributed by atoms with van der Waals surface area (Å²) < 4.78 is 0. The van der Waals surface area contributed by atoms with E-state index in [1.54, 1.807) is 12.1 Å². The van der Waals surface area contributed by atoms with Gasteiger partial charge in [0.2, 0.25) is 5.91 Å². The molecule has 2 atom stereocenters. The van der Waals surface area contributed by atoms with Gasteiger partial charge >= 0.3 is 0 Å². The summed E-state index contributed by atoms with van der Waals surface area (Å²) in [7, 11) is 0. The molecule has 1 aromatic rings. The van der Waals surface area contributed by atoms with Gasteiger partial charge in [0, 0.05) is 49.5 Å². The quantitative estimate of drug-likeness (QED) is 0.637. The smallest absolute Gasteiger partial charge is 0.269 e. The summed E-state index contributed by atoms with van der Waals surface area (Å²) in [6.45, 7) is 2.82. The fourth-order valence-electron chi connectivity index (χ4n) is 5.38. The Labute approximate surface area is 165 Å². The van der Waals surface area contributed by atoms with Gasteiger partial charge < -0.3 is 10.2 Å². The predicted octanol–water partition coefficient (Wildman–Crippen LogP) is 2.48. The van der Waals surface area contributed by atoms with Gasteiger partial charge in [-0.05, 0) is 43.7 Å². The lowest BCUT2D eigenvalue weighted by molar-refractivity contribution is -0.384. The Morgan fingerprint density at radius 3 is 2.64 bits per heavy atom. The standard InChI is InChI=1S/C21H28N4O3/c26-21(22-15-5-6-15)18-12-14-11-17(25(27)28)7-8-19(14)24-10-9-23(13-20(18)24)16-3-1-2-4-16/h7-8,11,15-16,18,20H,1-6,9-10,12-13H2,(H,22,26). The molecule has 0 spiro atoms. The Kier molecular flexibility index (Phi) is 4.50. The van der Waals surface area contributed by atoms with E-state index in [1.165, 1.54) is 25.7 Å². The highest BCUT2D eigenvalue weighted by atomic mass is 16.6. The van der Waals surface area contributed by atoms with E-state index in [9.17, 15) is 14.9 Å². The van der Waals surface area contributed by atoms with Crippen LogP contribution in [0.2, 0.25) is 0 Å². The molecule has 2 aliphatic carbocycles. The van der Waals surface area contributed by atoms with E-state index in [0.29, 0.717) is 18.5 Å². The second kappa shape index (κ2) is 7.03. The van der Waals surface area contributed by atoms with Crippen molar-refractivity contribution in [2.75, 3.05) is 24.5 Å². The molecule has 2 unspecified atom stereocenters. The number of non-ortho nitro benzene ring substituents is 1. The van der Waals surface area contributed by atoms with Crippen molar-refractivity contribution in [2.24, 2.45) is 5.92 Å². The number of piperazine rings is 1. The van der Waals surface area contributed by atoms with Crippen molar-refractivity contribution in [3.63, 3.8) is 0 Å². The molecule has 3 fully saturated rings. The van der Waals surface area contributed by atoms with Crippen LogP contribution in [-0.4, -0.2) is 53.5 Å². The van der Waals surface area contributed by atoms with Gasteiger partial charge in [-0.25, -0.2) is 0 Å². The van der Waals surface area contributed by atoms with E-state index < -0.39 is 0 Å². The van der Waals surface area contributed by atoms with Crippen LogP contribution in [0, 0.1) is 16.0 Å². The van der Waals surface area contributed by atoms with E-state index >= 15 is 0 Å². The maximum absolute atomic E-state index is 13.1. The minimum absolute atomic E-state index is 0.114. The number of amides is 1. The van der Waals surface area contributed by atoms with Gasteiger partial charge in [-0.1, -0.05) is 12.8 Å². The zero-order chi connectivity index (χ0) is 19.3. The van der Waals surface area contributed by atoms with Gasteiger partial charge in [0.25, 0.3) is 5.69 Å². The SMILES string of the molecule is O=C(NC1CC1)C1Cc2cc([N+](=O)[O-])ccc2N2CCN(C3CCCC3)CC12.